The maximum atomic E-state index is 11.9. The van der Waals surface area contributed by atoms with Crippen LogP contribution in [0.15, 0.2) is 0 Å². The van der Waals surface area contributed by atoms with Crippen molar-refractivity contribution in [3.8, 4) is 17.2 Å². The van der Waals surface area contributed by atoms with E-state index in [1.54, 1.807) is 6.92 Å². The van der Waals surface area contributed by atoms with Gasteiger partial charge in [-0.2, -0.15) is 0 Å². The average molecular weight is 252 g/mol. The molecular formula is C13H16O5. The number of fused-ring (bicyclic) bond motifs is 1. The number of aliphatic hydroxyl groups is 1. The van der Waals surface area contributed by atoms with Crippen LogP contribution in [0.1, 0.15) is 40.4 Å². The maximum absolute atomic E-state index is 11.9. The lowest BCUT2D eigenvalue weighted by Gasteiger charge is -2.26. The highest BCUT2D eigenvalue weighted by Crippen LogP contribution is 2.48. The van der Waals surface area contributed by atoms with E-state index >= 15 is 0 Å². The second-order valence-corrected chi connectivity index (χ2v) is 4.31. The van der Waals surface area contributed by atoms with Gasteiger partial charge < -0.3 is 19.7 Å². The lowest BCUT2D eigenvalue weighted by Crippen LogP contribution is -2.18. The Balaban J connectivity index is 2.84. The topological polar surface area (TPSA) is 76.0 Å². The van der Waals surface area contributed by atoms with E-state index in [-0.39, 0.29) is 23.5 Å². The lowest BCUT2D eigenvalue weighted by molar-refractivity contribution is 0.0885. The molecule has 0 saturated heterocycles. The summed E-state index contributed by atoms with van der Waals surface area (Å²) in [5.41, 5.74) is 0.924. The minimum absolute atomic E-state index is 0.133. The molecule has 1 aromatic rings. The van der Waals surface area contributed by atoms with Crippen LogP contribution in [0.5, 0.6) is 17.2 Å². The van der Waals surface area contributed by atoms with E-state index in [1.807, 2.05) is 0 Å². The van der Waals surface area contributed by atoms with Gasteiger partial charge in [0.15, 0.2) is 17.3 Å². The number of aromatic hydroxyl groups is 1. The second kappa shape index (κ2) is 4.49. The standard InChI is InChI=1S/C13H16O5/c1-6-11(16)9-7(14)4-5-8(15)10(9)13(18-3)12(6)17-2/h8,15-16H,4-5H2,1-3H3/t8-/m1/s1. The zero-order chi connectivity index (χ0) is 13.4. The van der Waals surface area contributed by atoms with Crippen LogP contribution in [0.4, 0.5) is 0 Å². The van der Waals surface area contributed by atoms with Crippen LogP contribution in [-0.2, 0) is 0 Å². The summed E-state index contributed by atoms with van der Waals surface area (Å²) in [6.07, 6.45) is -0.280. The summed E-state index contributed by atoms with van der Waals surface area (Å²) >= 11 is 0. The fraction of sp³-hybridized carbons (Fsp3) is 0.462. The predicted octanol–water partition coefficient (Wildman–Crippen LogP) is 1.73. The van der Waals surface area contributed by atoms with Gasteiger partial charge in [-0.15, -0.1) is 0 Å². The van der Waals surface area contributed by atoms with Crippen molar-refractivity contribution in [2.75, 3.05) is 14.2 Å². The minimum atomic E-state index is -0.826. The molecule has 0 unspecified atom stereocenters. The number of benzene rings is 1. The number of Topliss-reactive ketones (excluding diaryl/α,β-unsaturated/α-hetero) is 1. The molecular weight excluding hydrogens is 236 g/mol. The predicted molar refractivity (Wildman–Crippen MR) is 64.5 cm³/mol. The van der Waals surface area contributed by atoms with Gasteiger partial charge >= 0.3 is 0 Å². The fourth-order valence-electron chi connectivity index (χ4n) is 2.41. The van der Waals surface area contributed by atoms with Crippen molar-refractivity contribution < 1.29 is 24.5 Å². The van der Waals surface area contributed by atoms with Crippen LogP contribution in [0.2, 0.25) is 0 Å². The van der Waals surface area contributed by atoms with Crippen LogP contribution in [0.3, 0.4) is 0 Å². The average Bonchev–Trinajstić information content (AvgIpc) is 2.36. The number of ether oxygens (including phenoxy) is 2. The number of rotatable bonds is 2. The van der Waals surface area contributed by atoms with Gasteiger partial charge in [0.1, 0.15) is 5.75 Å². The Labute approximate surface area is 105 Å². The van der Waals surface area contributed by atoms with Gasteiger partial charge in [-0.05, 0) is 13.3 Å². The Morgan fingerprint density at radius 2 is 1.83 bits per heavy atom. The molecule has 98 valence electrons. The van der Waals surface area contributed by atoms with Gasteiger partial charge in [0.25, 0.3) is 0 Å². The van der Waals surface area contributed by atoms with Crippen molar-refractivity contribution in [2.24, 2.45) is 0 Å². The van der Waals surface area contributed by atoms with E-state index in [9.17, 15) is 15.0 Å². The number of carbonyl (C=O) groups is 1. The largest absolute Gasteiger partial charge is 0.507 e. The number of hydrogen-bond donors (Lipinski definition) is 2. The maximum Gasteiger partial charge on any atom is 0.167 e. The molecule has 0 bridgehead atoms. The number of hydrogen-bond acceptors (Lipinski definition) is 5. The summed E-state index contributed by atoms with van der Waals surface area (Å²) in [6.45, 7) is 1.64. The first-order valence-electron chi connectivity index (χ1n) is 5.71. The molecule has 1 aliphatic carbocycles. The Kier molecular flexibility index (Phi) is 3.17. The van der Waals surface area contributed by atoms with Crippen molar-refractivity contribution >= 4 is 5.78 Å². The number of aliphatic hydroxyl groups excluding tert-OH is 1. The van der Waals surface area contributed by atoms with Gasteiger partial charge in [0.05, 0.1) is 25.9 Å². The molecule has 0 fully saturated rings. The molecule has 0 saturated carbocycles. The highest BCUT2D eigenvalue weighted by molar-refractivity contribution is 6.03. The van der Waals surface area contributed by atoms with Gasteiger partial charge in [-0.25, -0.2) is 0 Å². The Bertz CT molecular complexity index is 507. The molecule has 0 amide bonds. The SMILES string of the molecule is COc1c(C)c(O)c2c(c1OC)[C@H](O)CCC2=O. The third kappa shape index (κ3) is 1.62. The first kappa shape index (κ1) is 12.7. The monoisotopic (exact) mass is 252 g/mol. The highest BCUT2D eigenvalue weighted by Gasteiger charge is 2.34. The molecule has 2 N–H and O–H groups in total. The molecule has 0 heterocycles. The lowest BCUT2D eigenvalue weighted by atomic mass is 9.85. The van der Waals surface area contributed by atoms with E-state index in [4.69, 9.17) is 9.47 Å². The van der Waals surface area contributed by atoms with Crippen molar-refractivity contribution in [3.63, 3.8) is 0 Å². The van der Waals surface area contributed by atoms with E-state index in [0.29, 0.717) is 29.0 Å². The molecule has 18 heavy (non-hydrogen) atoms. The van der Waals surface area contributed by atoms with Gasteiger partial charge in [-0.3, -0.25) is 4.79 Å². The molecule has 0 radical (unpaired) electrons. The van der Waals surface area contributed by atoms with Crippen molar-refractivity contribution in [3.05, 3.63) is 16.7 Å². The number of carbonyl (C=O) groups excluding carboxylic acids is 1. The molecule has 1 atom stereocenters. The number of phenols is 1. The highest BCUT2D eigenvalue weighted by atomic mass is 16.5. The third-order valence-electron chi connectivity index (χ3n) is 3.32. The molecule has 1 aromatic carbocycles. The summed E-state index contributed by atoms with van der Waals surface area (Å²) in [4.78, 5) is 11.9. The molecule has 0 spiro atoms. The first-order valence-corrected chi connectivity index (χ1v) is 5.71. The first-order chi connectivity index (χ1) is 8.52. The fourth-order valence-corrected chi connectivity index (χ4v) is 2.41. The zero-order valence-electron chi connectivity index (χ0n) is 10.6. The summed E-state index contributed by atoms with van der Waals surface area (Å²) < 4.78 is 10.4. The number of phenolic OH excluding ortho intramolecular Hbond substituents is 1. The Hall–Kier alpha value is -1.75. The quantitative estimate of drug-likeness (QED) is 0.838. The van der Waals surface area contributed by atoms with Crippen molar-refractivity contribution in [1.82, 2.24) is 0 Å². The minimum Gasteiger partial charge on any atom is -0.507 e. The van der Waals surface area contributed by atoms with E-state index in [2.05, 4.69) is 0 Å². The van der Waals surface area contributed by atoms with E-state index in [0.717, 1.165) is 0 Å². The third-order valence-corrected chi connectivity index (χ3v) is 3.32. The van der Waals surface area contributed by atoms with Crippen LogP contribution in [-0.4, -0.2) is 30.2 Å². The second-order valence-electron chi connectivity index (χ2n) is 4.31. The Morgan fingerprint density at radius 3 is 2.39 bits per heavy atom. The molecule has 0 aliphatic heterocycles. The van der Waals surface area contributed by atoms with Gasteiger partial charge in [0, 0.05) is 17.5 Å². The normalized spacial score (nSPS) is 18.4. The van der Waals surface area contributed by atoms with Gasteiger partial charge in [0.2, 0.25) is 0 Å². The molecule has 5 nitrogen and oxygen atoms in total. The smallest absolute Gasteiger partial charge is 0.167 e. The zero-order valence-corrected chi connectivity index (χ0v) is 10.6. The van der Waals surface area contributed by atoms with Gasteiger partial charge in [-0.1, -0.05) is 0 Å². The Morgan fingerprint density at radius 1 is 1.22 bits per heavy atom. The summed E-state index contributed by atoms with van der Waals surface area (Å²) in [5, 5.41) is 20.1. The summed E-state index contributed by atoms with van der Waals surface area (Å²) in [7, 11) is 2.90. The van der Waals surface area contributed by atoms with Crippen molar-refractivity contribution in [2.45, 2.75) is 25.9 Å². The summed E-state index contributed by atoms with van der Waals surface area (Å²) in [5.74, 6) is 0.356. The van der Waals surface area contributed by atoms with E-state index in [1.165, 1.54) is 14.2 Å². The molecule has 5 heteroatoms. The molecule has 2 rings (SSSR count). The van der Waals surface area contributed by atoms with Crippen molar-refractivity contribution in [1.29, 1.82) is 0 Å². The summed E-state index contributed by atoms with van der Waals surface area (Å²) in [6, 6.07) is 0. The van der Waals surface area contributed by atoms with Crippen LogP contribution in [0, 0.1) is 6.92 Å². The van der Waals surface area contributed by atoms with Crippen LogP contribution < -0.4 is 9.47 Å². The van der Waals surface area contributed by atoms with Crippen LogP contribution >= 0.6 is 0 Å². The number of methoxy groups -OCH3 is 2. The number of ketones is 1. The molecule has 1 aliphatic rings. The van der Waals surface area contributed by atoms with Crippen LogP contribution in [0.25, 0.3) is 0 Å². The molecule has 0 aromatic heterocycles. The van der Waals surface area contributed by atoms with E-state index < -0.39 is 6.10 Å².